The molecule has 9 aromatic carbocycles. The molecule has 0 aliphatic rings. The second kappa shape index (κ2) is 11.3. The molecule has 1 nitrogen and oxygen atoms in total. The molecule has 2 heterocycles. The second-order valence-electron chi connectivity index (χ2n) is 13.3. The molecular weight excluding hydrogens is 655 g/mol. The van der Waals surface area contributed by atoms with Gasteiger partial charge in [0.2, 0.25) is 0 Å². The molecule has 0 amide bonds. The van der Waals surface area contributed by atoms with Gasteiger partial charge in [0, 0.05) is 47.0 Å². The van der Waals surface area contributed by atoms with Crippen molar-refractivity contribution in [2.75, 3.05) is 4.90 Å². The van der Waals surface area contributed by atoms with Crippen molar-refractivity contribution in [3.63, 3.8) is 0 Å². The van der Waals surface area contributed by atoms with E-state index in [2.05, 4.69) is 181 Å². The van der Waals surface area contributed by atoms with E-state index in [1.54, 1.807) is 0 Å². The summed E-state index contributed by atoms with van der Waals surface area (Å²) in [6.45, 7) is 0. The zero-order valence-corrected chi connectivity index (χ0v) is 29.1. The first kappa shape index (κ1) is 28.8. The molecule has 3 heteroatoms. The molecule has 0 saturated heterocycles. The van der Waals surface area contributed by atoms with Crippen LogP contribution in [-0.2, 0) is 0 Å². The molecule has 11 aromatic rings. The van der Waals surface area contributed by atoms with Crippen LogP contribution in [0.2, 0.25) is 0 Å². The number of fused-ring (bicyclic) bond motifs is 11. The highest BCUT2D eigenvalue weighted by atomic mass is 32.1. The standard InChI is InChI=1S/C48H29NS2/c1-2-10-34-30(9-1)21-25-39-36-14-7-13-35(37(36)26-27-38(34)39)31-19-22-32(23-20-31)49(33-24-28-47-43(29-33)41-12-4-5-17-45(41)50-47)44-16-8-15-42-40-11-3-6-18-46(40)51-48(42)44/h1-29H. The van der Waals surface area contributed by atoms with Crippen LogP contribution in [0.5, 0.6) is 0 Å². The molecule has 0 spiro atoms. The van der Waals surface area contributed by atoms with E-state index in [9.17, 15) is 0 Å². The number of anilines is 3. The van der Waals surface area contributed by atoms with Gasteiger partial charge in [0.05, 0.1) is 10.4 Å². The maximum Gasteiger partial charge on any atom is 0.0640 e. The Morgan fingerprint density at radius 1 is 0.333 bits per heavy atom. The molecule has 2 aromatic heterocycles. The Balaban J connectivity index is 1.09. The number of hydrogen-bond acceptors (Lipinski definition) is 3. The van der Waals surface area contributed by atoms with Gasteiger partial charge in [0.1, 0.15) is 0 Å². The third-order valence-electron chi connectivity index (χ3n) is 10.5. The van der Waals surface area contributed by atoms with E-state index in [1.165, 1.54) is 89.5 Å². The Labute approximate surface area is 302 Å². The Morgan fingerprint density at radius 2 is 0.922 bits per heavy atom. The fourth-order valence-electron chi connectivity index (χ4n) is 8.09. The number of nitrogens with zero attached hydrogens (tertiary/aromatic N) is 1. The molecule has 0 bridgehead atoms. The van der Waals surface area contributed by atoms with Gasteiger partial charge in [-0.3, -0.25) is 0 Å². The fourth-order valence-corrected chi connectivity index (χ4v) is 10.4. The lowest BCUT2D eigenvalue weighted by Crippen LogP contribution is -2.10. The highest BCUT2D eigenvalue weighted by Crippen LogP contribution is 2.47. The summed E-state index contributed by atoms with van der Waals surface area (Å²) in [5.74, 6) is 0. The molecule has 0 atom stereocenters. The van der Waals surface area contributed by atoms with Gasteiger partial charge in [-0.25, -0.2) is 0 Å². The van der Waals surface area contributed by atoms with Crippen LogP contribution in [0.25, 0.3) is 83.8 Å². The van der Waals surface area contributed by atoms with Crippen LogP contribution < -0.4 is 4.90 Å². The van der Waals surface area contributed by atoms with Crippen LogP contribution in [0, 0.1) is 0 Å². The Morgan fingerprint density at radius 3 is 1.78 bits per heavy atom. The molecule has 0 aliphatic heterocycles. The van der Waals surface area contributed by atoms with Crippen LogP contribution in [0.3, 0.4) is 0 Å². The first-order valence-corrected chi connectivity index (χ1v) is 19.0. The zero-order chi connectivity index (χ0) is 33.5. The summed E-state index contributed by atoms with van der Waals surface area (Å²) >= 11 is 3.74. The number of benzene rings is 9. The zero-order valence-electron chi connectivity index (χ0n) is 27.5. The van der Waals surface area contributed by atoms with Crippen LogP contribution in [-0.4, -0.2) is 0 Å². The largest absolute Gasteiger partial charge is 0.309 e. The van der Waals surface area contributed by atoms with Crippen molar-refractivity contribution in [3.05, 3.63) is 176 Å². The maximum absolute atomic E-state index is 2.45. The van der Waals surface area contributed by atoms with Crippen molar-refractivity contribution in [2.24, 2.45) is 0 Å². The SMILES string of the molecule is c1ccc2c(c1)ccc1c3cccc(-c4ccc(N(c5ccc6sc7ccccc7c6c5)c5cccc6c5sc5ccccc56)cc4)c3ccc21. The molecule has 0 saturated carbocycles. The van der Waals surface area contributed by atoms with Crippen molar-refractivity contribution in [1.29, 1.82) is 0 Å². The summed E-state index contributed by atoms with van der Waals surface area (Å²) in [5, 5.41) is 13.0. The topological polar surface area (TPSA) is 3.24 Å². The quantitative estimate of drug-likeness (QED) is 0.167. The number of rotatable bonds is 4. The van der Waals surface area contributed by atoms with Gasteiger partial charge < -0.3 is 4.90 Å². The molecule has 238 valence electrons. The second-order valence-corrected chi connectivity index (χ2v) is 15.4. The van der Waals surface area contributed by atoms with E-state index in [0.29, 0.717) is 0 Å². The molecule has 0 fully saturated rings. The van der Waals surface area contributed by atoms with E-state index in [0.717, 1.165) is 11.4 Å². The highest BCUT2D eigenvalue weighted by molar-refractivity contribution is 7.26. The molecule has 0 radical (unpaired) electrons. The molecule has 0 aliphatic carbocycles. The minimum Gasteiger partial charge on any atom is -0.309 e. The van der Waals surface area contributed by atoms with Gasteiger partial charge in [-0.1, -0.05) is 127 Å². The van der Waals surface area contributed by atoms with Crippen LogP contribution in [0.15, 0.2) is 176 Å². The van der Waals surface area contributed by atoms with E-state index in [4.69, 9.17) is 0 Å². The minimum absolute atomic E-state index is 1.14. The summed E-state index contributed by atoms with van der Waals surface area (Å²) in [6, 6.07) is 65.0. The summed E-state index contributed by atoms with van der Waals surface area (Å²) < 4.78 is 5.24. The van der Waals surface area contributed by atoms with E-state index < -0.39 is 0 Å². The Hall–Kier alpha value is -6.00. The Bertz CT molecular complexity index is 3150. The van der Waals surface area contributed by atoms with Gasteiger partial charge in [0.15, 0.2) is 0 Å². The molecule has 0 N–H and O–H groups in total. The van der Waals surface area contributed by atoms with Crippen LogP contribution in [0.4, 0.5) is 17.1 Å². The normalized spacial score (nSPS) is 11.9. The molecule has 0 unspecified atom stereocenters. The predicted octanol–water partition coefficient (Wildman–Crippen LogP) is 15.0. The molecule has 11 rings (SSSR count). The Kier molecular flexibility index (Phi) is 6.36. The third-order valence-corrected chi connectivity index (χ3v) is 12.8. The van der Waals surface area contributed by atoms with Crippen molar-refractivity contribution >= 4 is 112 Å². The van der Waals surface area contributed by atoms with E-state index in [-0.39, 0.29) is 0 Å². The van der Waals surface area contributed by atoms with Gasteiger partial charge >= 0.3 is 0 Å². The number of hydrogen-bond donors (Lipinski definition) is 0. The summed E-state index contributed by atoms with van der Waals surface area (Å²) in [6.07, 6.45) is 0. The van der Waals surface area contributed by atoms with Crippen molar-refractivity contribution in [2.45, 2.75) is 0 Å². The first-order chi connectivity index (χ1) is 25.3. The smallest absolute Gasteiger partial charge is 0.0640 e. The van der Waals surface area contributed by atoms with Gasteiger partial charge in [0.25, 0.3) is 0 Å². The van der Waals surface area contributed by atoms with Crippen molar-refractivity contribution in [3.8, 4) is 11.1 Å². The minimum atomic E-state index is 1.14. The third kappa shape index (κ3) is 4.45. The van der Waals surface area contributed by atoms with Gasteiger partial charge in [-0.2, -0.15) is 0 Å². The lowest BCUT2D eigenvalue weighted by atomic mass is 9.92. The monoisotopic (exact) mass is 683 g/mol. The van der Waals surface area contributed by atoms with Crippen LogP contribution in [0.1, 0.15) is 0 Å². The first-order valence-electron chi connectivity index (χ1n) is 17.3. The van der Waals surface area contributed by atoms with E-state index in [1.807, 2.05) is 22.7 Å². The average molecular weight is 684 g/mol. The number of thiophene rings is 2. The highest BCUT2D eigenvalue weighted by Gasteiger charge is 2.20. The summed E-state index contributed by atoms with van der Waals surface area (Å²) in [4.78, 5) is 2.45. The van der Waals surface area contributed by atoms with Crippen LogP contribution >= 0.6 is 22.7 Å². The van der Waals surface area contributed by atoms with Gasteiger partial charge in [-0.15, -0.1) is 22.7 Å². The van der Waals surface area contributed by atoms with E-state index >= 15 is 0 Å². The lowest BCUT2D eigenvalue weighted by Gasteiger charge is -2.26. The maximum atomic E-state index is 2.45. The summed E-state index contributed by atoms with van der Waals surface area (Å²) in [7, 11) is 0. The predicted molar refractivity (Wildman–Crippen MR) is 225 cm³/mol. The molecule has 51 heavy (non-hydrogen) atoms. The van der Waals surface area contributed by atoms with Crippen molar-refractivity contribution in [1.82, 2.24) is 0 Å². The average Bonchev–Trinajstić information content (AvgIpc) is 3.77. The van der Waals surface area contributed by atoms with Crippen molar-refractivity contribution < 1.29 is 0 Å². The lowest BCUT2D eigenvalue weighted by molar-refractivity contribution is 1.31. The summed E-state index contributed by atoms with van der Waals surface area (Å²) in [5.41, 5.74) is 5.96. The van der Waals surface area contributed by atoms with Gasteiger partial charge in [-0.05, 0) is 92.0 Å². The molecular formula is C48H29NS2. The fraction of sp³-hybridized carbons (Fsp3) is 0.